The smallest absolute Gasteiger partial charge is 0.158 e. The van der Waals surface area contributed by atoms with E-state index < -0.39 is 0 Å². The predicted molar refractivity (Wildman–Crippen MR) is 82.4 cm³/mol. The van der Waals surface area contributed by atoms with Gasteiger partial charge in [0.15, 0.2) is 5.82 Å². The van der Waals surface area contributed by atoms with Gasteiger partial charge in [-0.1, -0.05) is 24.3 Å². The Kier molecular flexibility index (Phi) is 4.23. The SMILES string of the molecule is COCCNCc1cccnc1-n1ncc2ccccc21. The van der Waals surface area contributed by atoms with E-state index in [0.717, 1.165) is 35.4 Å². The van der Waals surface area contributed by atoms with Crippen LogP contribution >= 0.6 is 0 Å². The van der Waals surface area contributed by atoms with Crippen LogP contribution in [0.4, 0.5) is 0 Å². The number of nitrogens with zero attached hydrogens (tertiary/aromatic N) is 3. The lowest BCUT2D eigenvalue weighted by atomic mass is 10.2. The van der Waals surface area contributed by atoms with Crippen LogP contribution in [0.1, 0.15) is 5.56 Å². The van der Waals surface area contributed by atoms with Gasteiger partial charge < -0.3 is 10.1 Å². The Labute approximate surface area is 123 Å². The molecule has 0 radical (unpaired) electrons. The summed E-state index contributed by atoms with van der Waals surface area (Å²) in [7, 11) is 1.70. The molecule has 0 spiro atoms. The van der Waals surface area contributed by atoms with Gasteiger partial charge in [0.1, 0.15) is 0 Å². The Morgan fingerprint density at radius 2 is 2.10 bits per heavy atom. The lowest BCUT2D eigenvalue weighted by Crippen LogP contribution is -2.20. The quantitative estimate of drug-likeness (QED) is 0.704. The topological polar surface area (TPSA) is 52.0 Å². The minimum absolute atomic E-state index is 0.695. The molecule has 2 aromatic heterocycles. The van der Waals surface area contributed by atoms with Crippen LogP contribution in [-0.2, 0) is 11.3 Å². The second-order valence-corrected chi connectivity index (χ2v) is 4.77. The number of rotatable bonds is 6. The number of benzene rings is 1. The van der Waals surface area contributed by atoms with Gasteiger partial charge >= 0.3 is 0 Å². The number of pyridine rings is 1. The molecule has 0 aliphatic rings. The number of hydrogen-bond donors (Lipinski definition) is 1. The van der Waals surface area contributed by atoms with E-state index in [0.29, 0.717) is 6.61 Å². The maximum absolute atomic E-state index is 5.04. The first-order valence-electron chi connectivity index (χ1n) is 6.97. The first-order valence-corrected chi connectivity index (χ1v) is 6.97. The largest absolute Gasteiger partial charge is 0.383 e. The zero-order valence-electron chi connectivity index (χ0n) is 12.0. The van der Waals surface area contributed by atoms with Crippen molar-refractivity contribution < 1.29 is 4.74 Å². The highest BCUT2D eigenvalue weighted by Gasteiger charge is 2.09. The molecule has 3 aromatic rings. The molecule has 0 aliphatic heterocycles. The fraction of sp³-hybridized carbons (Fsp3) is 0.250. The van der Waals surface area contributed by atoms with Crippen LogP contribution in [0.5, 0.6) is 0 Å². The van der Waals surface area contributed by atoms with Gasteiger partial charge in [0.2, 0.25) is 0 Å². The van der Waals surface area contributed by atoms with Crippen LogP contribution in [0.2, 0.25) is 0 Å². The second-order valence-electron chi connectivity index (χ2n) is 4.77. The minimum atomic E-state index is 0.695. The highest BCUT2D eigenvalue weighted by Crippen LogP contribution is 2.18. The van der Waals surface area contributed by atoms with E-state index in [1.807, 2.05) is 29.1 Å². The van der Waals surface area contributed by atoms with Crippen LogP contribution < -0.4 is 5.32 Å². The molecule has 0 atom stereocenters. The summed E-state index contributed by atoms with van der Waals surface area (Å²) in [6.45, 7) is 2.24. The maximum atomic E-state index is 5.04. The molecule has 0 fully saturated rings. The van der Waals surface area contributed by atoms with Crippen molar-refractivity contribution >= 4 is 10.9 Å². The zero-order valence-corrected chi connectivity index (χ0v) is 12.0. The summed E-state index contributed by atoms with van der Waals surface area (Å²) in [4.78, 5) is 4.50. The van der Waals surface area contributed by atoms with Crippen LogP contribution in [0.3, 0.4) is 0 Å². The molecule has 0 amide bonds. The van der Waals surface area contributed by atoms with Gasteiger partial charge in [-0.15, -0.1) is 0 Å². The Balaban J connectivity index is 1.91. The van der Waals surface area contributed by atoms with Gasteiger partial charge in [-0.25, -0.2) is 9.67 Å². The van der Waals surface area contributed by atoms with Crippen LogP contribution in [0.15, 0.2) is 48.8 Å². The lowest BCUT2D eigenvalue weighted by molar-refractivity contribution is 0.199. The monoisotopic (exact) mass is 282 g/mol. The number of para-hydroxylation sites is 1. The molecule has 2 heterocycles. The molecule has 21 heavy (non-hydrogen) atoms. The van der Waals surface area contributed by atoms with E-state index in [9.17, 15) is 0 Å². The third-order valence-corrected chi connectivity index (χ3v) is 3.34. The number of methoxy groups -OCH3 is 1. The fourth-order valence-electron chi connectivity index (χ4n) is 2.30. The molecule has 1 aromatic carbocycles. The van der Waals surface area contributed by atoms with Crippen molar-refractivity contribution in [2.45, 2.75) is 6.54 Å². The van der Waals surface area contributed by atoms with Gasteiger partial charge in [-0.2, -0.15) is 5.10 Å². The summed E-state index contributed by atoms with van der Waals surface area (Å²) in [6.07, 6.45) is 3.66. The minimum Gasteiger partial charge on any atom is -0.383 e. The number of aromatic nitrogens is 3. The highest BCUT2D eigenvalue weighted by atomic mass is 16.5. The molecule has 5 heteroatoms. The Morgan fingerprint density at radius 1 is 1.19 bits per heavy atom. The van der Waals surface area contributed by atoms with E-state index in [2.05, 4.69) is 33.6 Å². The van der Waals surface area contributed by atoms with Crippen LogP contribution in [-0.4, -0.2) is 35.0 Å². The zero-order chi connectivity index (χ0) is 14.5. The summed E-state index contributed by atoms with van der Waals surface area (Å²) in [5, 5.41) is 8.93. The van der Waals surface area contributed by atoms with Crippen LogP contribution in [0, 0.1) is 0 Å². The normalized spacial score (nSPS) is 11.1. The van der Waals surface area contributed by atoms with Crippen molar-refractivity contribution in [3.8, 4) is 5.82 Å². The third kappa shape index (κ3) is 2.94. The maximum Gasteiger partial charge on any atom is 0.158 e. The number of ether oxygens (including phenoxy) is 1. The van der Waals surface area contributed by atoms with Gasteiger partial charge in [0.25, 0.3) is 0 Å². The van der Waals surface area contributed by atoms with Crippen molar-refractivity contribution in [2.24, 2.45) is 0 Å². The van der Waals surface area contributed by atoms with Crippen molar-refractivity contribution in [1.82, 2.24) is 20.1 Å². The molecule has 0 unspecified atom stereocenters. The standard InChI is InChI=1S/C16H18N4O/c1-21-10-9-17-11-14-6-4-8-18-16(14)20-15-7-3-2-5-13(15)12-19-20/h2-8,12,17H,9-11H2,1H3. The average molecular weight is 282 g/mol. The summed E-state index contributed by atoms with van der Waals surface area (Å²) < 4.78 is 6.94. The lowest BCUT2D eigenvalue weighted by Gasteiger charge is -2.10. The molecule has 0 aliphatic carbocycles. The Hall–Kier alpha value is -2.24. The molecule has 0 saturated carbocycles. The Bertz CT molecular complexity index is 723. The van der Waals surface area contributed by atoms with E-state index in [-0.39, 0.29) is 0 Å². The summed E-state index contributed by atoms with van der Waals surface area (Å²) in [6, 6.07) is 12.2. The summed E-state index contributed by atoms with van der Waals surface area (Å²) >= 11 is 0. The van der Waals surface area contributed by atoms with Gasteiger partial charge in [0, 0.05) is 37.3 Å². The molecule has 5 nitrogen and oxygen atoms in total. The molecular weight excluding hydrogens is 264 g/mol. The van der Waals surface area contributed by atoms with Crippen molar-refractivity contribution in [1.29, 1.82) is 0 Å². The predicted octanol–water partition coefficient (Wildman–Crippen LogP) is 2.16. The van der Waals surface area contributed by atoms with E-state index in [4.69, 9.17) is 4.74 Å². The summed E-state index contributed by atoms with van der Waals surface area (Å²) in [5.74, 6) is 0.864. The first-order chi connectivity index (χ1) is 10.4. The second kappa shape index (κ2) is 6.47. The fourth-order valence-corrected chi connectivity index (χ4v) is 2.30. The molecule has 1 N–H and O–H groups in total. The van der Waals surface area contributed by atoms with E-state index in [1.54, 1.807) is 13.3 Å². The number of hydrogen-bond acceptors (Lipinski definition) is 4. The molecule has 3 rings (SSSR count). The number of nitrogens with one attached hydrogen (secondary N) is 1. The summed E-state index contributed by atoms with van der Waals surface area (Å²) in [5.41, 5.74) is 2.18. The van der Waals surface area contributed by atoms with Crippen molar-refractivity contribution in [3.05, 3.63) is 54.4 Å². The molecule has 0 bridgehead atoms. The number of fused-ring (bicyclic) bond motifs is 1. The van der Waals surface area contributed by atoms with E-state index in [1.165, 1.54) is 0 Å². The Morgan fingerprint density at radius 3 is 3.00 bits per heavy atom. The average Bonchev–Trinajstić information content (AvgIpc) is 2.96. The molecule has 0 saturated heterocycles. The van der Waals surface area contributed by atoms with Crippen molar-refractivity contribution in [3.63, 3.8) is 0 Å². The van der Waals surface area contributed by atoms with E-state index >= 15 is 0 Å². The van der Waals surface area contributed by atoms with Crippen molar-refractivity contribution in [2.75, 3.05) is 20.3 Å². The van der Waals surface area contributed by atoms with Gasteiger partial charge in [-0.3, -0.25) is 0 Å². The van der Waals surface area contributed by atoms with Gasteiger partial charge in [-0.05, 0) is 12.1 Å². The molecule has 108 valence electrons. The molecular formula is C16H18N4O. The van der Waals surface area contributed by atoms with Crippen LogP contribution in [0.25, 0.3) is 16.7 Å². The highest BCUT2D eigenvalue weighted by molar-refractivity contribution is 5.79. The first kappa shape index (κ1) is 13.7. The third-order valence-electron chi connectivity index (χ3n) is 3.34. The van der Waals surface area contributed by atoms with Gasteiger partial charge in [0.05, 0.1) is 18.3 Å².